The van der Waals surface area contributed by atoms with Gasteiger partial charge in [0.1, 0.15) is 11.9 Å². The summed E-state index contributed by atoms with van der Waals surface area (Å²) in [6, 6.07) is 19.3. The highest BCUT2D eigenvalue weighted by molar-refractivity contribution is 7.97. The van der Waals surface area contributed by atoms with Crippen LogP contribution in [0.2, 0.25) is 5.02 Å². The molecular formula is C28H26ClF2NO2S. The summed E-state index contributed by atoms with van der Waals surface area (Å²) in [5.74, 6) is 0.568. The molecule has 2 aliphatic rings. The average Bonchev–Trinajstić information content (AvgIpc) is 3.12. The number of benzene rings is 3. The Kier molecular flexibility index (Phi) is 7.30. The number of fused-ring (bicyclic) bond motifs is 2. The molecule has 0 aliphatic carbocycles. The van der Waals surface area contributed by atoms with Gasteiger partial charge in [0.15, 0.2) is 11.6 Å². The second-order valence-electron chi connectivity index (χ2n) is 9.20. The third-order valence-electron chi connectivity index (χ3n) is 6.76. The van der Waals surface area contributed by atoms with Gasteiger partial charge in [0.25, 0.3) is 5.91 Å². The van der Waals surface area contributed by atoms with Gasteiger partial charge in [-0.2, -0.15) is 11.8 Å². The first-order chi connectivity index (χ1) is 17.0. The second kappa shape index (κ2) is 10.6. The van der Waals surface area contributed by atoms with Crippen LogP contribution in [0.3, 0.4) is 0 Å². The maximum absolute atomic E-state index is 14.0. The van der Waals surface area contributed by atoms with Gasteiger partial charge in [-0.25, -0.2) is 8.78 Å². The molecule has 5 rings (SSSR count). The summed E-state index contributed by atoms with van der Waals surface area (Å²) in [5.41, 5.74) is 3.10. The lowest BCUT2D eigenvalue weighted by molar-refractivity contribution is 0.0349. The van der Waals surface area contributed by atoms with Crippen LogP contribution < -0.4 is 4.74 Å². The van der Waals surface area contributed by atoms with Gasteiger partial charge >= 0.3 is 0 Å². The lowest BCUT2D eigenvalue weighted by Gasteiger charge is -2.39. The number of hydrogen-bond donors (Lipinski definition) is 0. The van der Waals surface area contributed by atoms with Crippen LogP contribution in [0.4, 0.5) is 8.78 Å². The first-order valence-electron chi connectivity index (χ1n) is 11.8. The Labute approximate surface area is 213 Å². The molecule has 35 heavy (non-hydrogen) atoms. The van der Waals surface area contributed by atoms with Gasteiger partial charge in [-0.05, 0) is 60.4 Å². The summed E-state index contributed by atoms with van der Waals surface area (Å²) in [7, 11) is 0. The largest absolute Gasteiger partial charge is 0.487 e. The molecule has 2 bridgehead atoms. The molecule has 7 heteroatoms. The van der Waals surface area contributed by atoms with Crippen LogP contribution >= 0.6 is 23.4 Å². The van der Waals surface area contributed by atoms with E-state index in [1.54, 1.807) is 0 Å². The standard InChI is InChI=1S/C28H26ClF2NO2S/c29-21-7-3-19(4-8-21)17-35-16-18-1-5-20(6-2-18)28(33)32-23-10-11-24(32)15-25(14-23)34-27-12-9-22(30)13-26(27)31/h1-9,12-13,23-25H,10-11,14-17H2/t23-,24-/m0/s1. The molecule has 2 aliphatic heterocycles. The van der Waals surface area contributed by atoms with Crippen LogP contribution in [0.5, 0.6) is 5.75 Å². The molecule has 2 atom stereocenters. The van der Waals surface area contributed by atoms with E-state index < -0.39 is 11.6 Å². The Bertz CT molecular complexity index is 1170. The minimum absolute atomic E-state index is 0.0456. The molecule has 0 aromatic heterocycles. The van der Waals surface area contributed by atoms with Gasteiger partial charge in [0.2, 0.25) is 0 Å². The fourth-order valence-electron chi connectivity index (χ4n) is 5.07. The SMILES string of the molecule is O=C(c1ccc(CSCc2ccc(Cl)cc2)cc1)N1[C@H]2CC[C@H]1CC(Oc1ccc(F)cc1F)C2. The molecule has 182 valence electrons. The summed E-state index contributed by atoms with van der Waals surface area (Å²) in [6.45, 7) is 0. The summed E-state index contributed by atoms with van der Waals surface area (Å²) in [5, 5.41) is 0.742. The number of piperidine rings is 1. The molecule has 0 unspecified atom stereocenters. The van der Waals surface area contributed by atoms with Crippen molar-refractivity contribution < 1.29 is 18.3 Å². The normalized spacial score (nSPS) is 21.2. The van der Waals surface area contributed by atoms with E-state index in [0.717, 1.165) is 35.4 Å². The monoisotopic (exact) mass is 513 g/mol. The van der Waals surface area contributed by atoms with Crippen LogP contribution in [0, 0.1) is 11.6 Å². The zero-order valence-electron chi connectivity index (χ0n) is 19.1. The van der Waals surface area contributed by atoms with Crippen molar-refractivity contribution in [1.29, 1.82) is 0 Å². The van der Waals surface area contributed by atoms with Crippen LogP contribution in [0.25, 0.3) is 0 Å². The Morgan fingerprint density at radius 2 is 1.51 bits per heavy atom. The van der Waals surface area contributed by atoms with Gasteiger partial charge in [0, 0.05) is 53.1 Å². The van der Waals surface area contributed by atoms with Crippen molar-refractivity contribution in [3.8, 4) is 5.75 Å². The minimum Gasteiger partial charge on any atom is -0.487 e. The number of amides is 1. The second-order valence-corrected chi connectivity index (χ2v) is 10.6. The van der Waals surface area contributed by atoms with Crippen molar-refractivity contribution >= 4 is 29.3 Å². The maximum atomic E-state index is 14.0. The molecule has 0 spiro atoms. The number of carbonyl (C=O) groups excluding carboxylic acids is 1. The molecule has 2 heterocycles. The molecule has 2 fully saturated rings. The number of nitrogens with zero attached hydrogens (tertiary/aromatic N) is 1. The van der Waals surface area contributed by atoms with Gasteiger partial charge in [-0.15, -0.1) is 0 Å². The molecule has 0 N–H and O–H groups in total. The Balaban J connectivity index is 1.16. The fraction of sp³-hybridized carbons (Fsp3) is 0.321. The van der Waals surface area contributed by atoms with E-state index >= 15 is 0 Å². The van der Waals surface area contributed by atoms with Crippen molar-refractivity contribution in [3.05, 3.63) is 100 Å². The zero-order valence-corrected chi connectivity index (χ0v) is 20.7. The predicted molar refractivity (Wildman–Crippen MR) is 136 cm³/mol. The van der Waals surface area contributed by atoms with Gasteiger partial charge < -0.3 is 9.64 Å². The van der Waals surface area contributed by atoms with Crippen molar-refractivity contribution in [1.82, 2.24) is 4.90 Å². The summed E-state index contributed by atoms with van der Waals surface area (Å²) in [4.78, 5) is 15.3. The predicted octanol–water partition coefficient (Wildman–Crippen LogP) is 7.27. The van der Waals surface area contributed by atoms with E-state index in [9.17, 15) is 13.6 Å². The van der Waals surface area contributed by atoms with Crippen molar-refractivity contribution in [3.63, 3.8) is 0 Å². The highest BCUT2D eigenvalue weighted by Gasteiger charge is 2.44. The Hall–Kier alpha value is -2.57. The van der Waals surface area contributed by atoms with Crippen molar-refractivity contribution in [2.75, 3.05) is 0 Å². The third kappa shape index (κ3) is 5.65. The van der Waals surface area contributed by atoms with E-state index in [4.69, 9.17) is 16.3 Å². The molecule has 0 saturated carbocycles. The van der Waals surface area contributed by atoms with Crippen LogP contribution in [-0.2, 0) is 11.5 Å². The van der Waals surface area contributed by atoms with E-state index in [1.807, 2.05) is 65.2 Å². The molecular weight excluding hydrogens is 488 g/mol. The highest BCUT2D eigenvalue weighted by atomic mass is 35.5. The summed E-state index contributed by atoms with van der Waals surface area (Å²) >= 11 is 7.76. The summed E-state index contributed by atoms with van der Waals surface area (Å²) < 4.78 is 33.1. The molecule has 2 saturated heterocycles. The zero-order chi connectivity index (χ0) is 24.4. The lowest BCUT2D eigenvalue weighted by atomic mass is 9.98. The number of rotatable bonds is 7. The summed E-state index contributed by atoms with van der Waals surface area (Å²) in [6.07, 6.45) is 2.96. The number of carbonyl (C=O) groups is 1. The number of halogens is 3. The van der Waals surface area contributed by atoms with Crippen molar-refractivity contribution in [2.45, 2.75) is 55.4 Å². The topological polar surface area (TPSA) is 29.5 Å². The Morgan fingerprint density at radius 3 is 2.11 bits per heavy atom. The van der Waals surface area contributed by atoms with E-state index in [0.29, 0.717) is 18.4 Å². The quantitative estimate of drug-likeness (QED) is 0.333. The van der Waals surface area contributed by atoms with Gasteiger partial charge in [-0.3, -0.25) is 4.79 Å². The number of hydrogen-bond acceptors (Lipinski definition) is 3. The first kappa shape index (κ1) is 24.1. The van der Waals surface area contributed by atoms with Gasteiger partial charge in [0.05, 0.1) is 0 Å². The molecule has 3 nitrogen and oxygen atoms in total. The average molecular weight is 514 g/mol. The van der Waals surface area contributed by atoms with E-state index in [1.165, 1.54) is 23.3 Å². The lowest BCUT2D eigenvalue weighted by Crippen LogP contribution is -2.49. The van der Waals surface area contributed by atoms with Crippen LogP contribution in [0.1, 0.15) is 47.2 Å². The van der Waals surface area contributed by atoms with Gasteiger partial charge in [-0.1, -0.05) is 35.9 Å². The molecule has 0 radical (unpaired) electrons. The molecule has 1 amide bonds. The molecule has 3 aromatic carbocycles. The van der Waals surface area contributed by atoms with Crippen LogP contribution in [0.15, 0.2) is 66.7 Å². The van der Waals surface area contributed by atoms with Crippen molar-refractivity contribution in [2.24, 2.45) is 0 Å². The Morgan fingerprint density at radius 1 is 0.914 bits per heavy atom. The van der Waals surface area contributed by atoms with E-state index in [-0.39, 0.29) is 29.8 Å². The molecule has 3 aromatic rings. The third-order valence-corrected chi connectivity index (χ3v) is 8.09. The van der Waals surface area contributed by atoms with Crippen LogP contribution in [-0.4, -0.2) is 29.0 Å². The van der Waals surface area contributed by atoms with E-state index in [2.05, 4.69) is 0 Å². The maximum Gasteiger partial charge on any atom is 0.254 e. The minimum atomic E-state index is -0.692. The highest BCUT2D eigenvalue weighted by Crippen LogP contribution is 2.38. The first-order valence-corrected chi connectivity index (χ1v) is 13.3. The number of ether oxygens (including phenoxy) is 1. The number of thioether (sulfide) groups is 1. The fourth-order valence-corrected chi connectivity index (χ4v) is 6.15. The smallest absolute Gasteiger partial charge is 0.254 e.